The van der Waals surface area contributed by atoms with Crippen LogP contribution in [-0.4, -0.2) is 40.7 Å². The van der Waals surface area contributed by atoms with Crippen LogP contribution in [0.2, 0.25) is 5.02 Å². The lowest BCUT2D eigenvalue weighted by atomic mass is 10.1. The molecule has 0 bridgehead atoms. The minimum absolute atomic E-state index is 0.303. The van der Waals surface area contributed by atoms with E-state index in [1.54, 1.807) is 0 Å². The summed E-state index contributed by atoms with van der Waals surface area (Å²) >= 11 is 6.09. The Hall–Kier alpha value is -2.14. The Kier molecular flexibility index (Phi) is 5.07. The van der Waals surface area contributed by atoms with Gasteiger partial charge in [0.2, 0.25) is 0 Å². The molecular formula is C21H22ClN3O. The third-order valence-corrected chi connectivity index (χ3v) is 4.88. The van der Waals surface area contributed by atoms with Crippen LogP contribution in [-0.2, 0) is 11.3 Å². The maximum absolute atomic E-state index is 6.09. The minimum atomic E-state index is 0.303. The Balaban J connectivity index is 1.53. The van der Waals surface area contributed by atoms with E-state index in [2.05, 4.69) is 46.1 Å². The molecule has 4 rings (SSSR count). The highest BCUT2D eigenvalue weighted by atomic mass is 35.5. The smallest absolute Gasteiger partial charge is 0.137 e. The molecule has 3 aromatic rings. The molecule has 1 saturated heterocycles. The van der Waals surface area contributed by atoms with Gasteiger partial charge in [-0.25, -0.2) is 4.98 Å². The first-order chi connectivity index (χ1) is 12.7. The molecule has 1 aliphatic rings. The Morgan fingerprint density at radius 2 is 2.04 bits per heavy atom. The number of rotatable bonds is 4. The van der Waals surface area contributed by atoms with Crippen molar-refractivity contribution in [3.63, 3.8) is 0 Å². The molecule has 0 amide bonds. The second-order valence-electron chi connectivity index (χ2n) is 6.77. The summed E-state index contributed by atoms with van der Waals surface area (Å²) in [5, 5.41) is 0.723. The summed E-state index contributed by atoms with van der Waals surface area (Å²) in [7, 11) is 0. The first-order valence-corrected chi connectivity index (χ1v) is 9.29. The molecule has 0 radical (unpaired) electrons. The van der Waals surface area contributed by atoms with Crippen LogP contribution in [0.3, 0.4) is 0 Å². The lowest BCUT2D eigenvalue weighted by molar-refractivity contribution is -0.0212. The number of halogens is 1. The quantitative estimate of drug-likeness (QED) is 0.731. The molecule has 1 atom stereocenters. The highest BCUT2D eigenvalue weighted by Gasteiger charge is 2.17. The number of imidazole rings is 1. The number of hydrogen-bond donors (Lipinski definition) is 1. The number of nitrogens with one attached hydrogen (secondary N) is 1. The van der Waals surface area contributed by atoms with Crippen molar-refractivity contribution in [2.75, 3.05) is 19.7 Å². The average Bonchev–Trinajstić information content (AvgIpc) is 3.12. The Labute approximate surface area is 158 Å². The second kappa shape index (κ2) is 7.62. The number of hydrogen-bond acceptors (Lipinski definition) is 3. The van der Waals surface area contributed by atoms with Crippen LogP contribution < -0.4 is 0 Å². The number of morpholine rings is 1. The lowest BCUT2D eigenvalue weighted by Crippen LogP contribution is -2.40. The monoisotopic (exact) mass is 367 g/mol. The number of aromatic nitrogens is 2. The zero-order chi connectivity index (χ0) is 17.9. The van der Waals surface area contributed by atoms with Gasteiger partial charge in [0.25, 0.3) is 0 Å². The summed E-state index contributed by atoms with van der Waals surface area (Å²) in [6.07, 6.45) is 2.16. The molecule has 1 aromatic heterocycles. The van der Waals surface area contributed by atoms with Crippen LogP contribution in [0.15, 0.2) is 54.7 Å². The van der Waals surface area contributed by atoms with Crippen LogP contribution in [0.4, 0.5) is 0 Å². The number of ether oxygens (including phenoxy) is 1. The van der Waals surface area contributed by atoms with Crippen molar-refractivity contribution in [3.05, 3.63) is 65.3 Å². The number of nitrogens with zero attached hydrogens (tertiary/aromatic N) is 2. The third kappa shape index (κ3) is 3.98. The largest absolute Gasteiger partial charge is 0.376 e. The molecule has 0 aliphatic carbocycles. The minimum Gasteiger partial charge on any atom is -0.376 e. The molecule has 0 spiro atoms. The van der Waals surface area contributed by atoms with Gasteiger partial charge in [-0.1, -0.05) is 41.9 Å². The van der Waals surface area contributed by atoms with Crippen molar-refractivity contribution >= 4 is 11.6 Å². The second-order valence-corrected chi connectivity index (χ2v) is 7.21. The van der Waals surface area contributed by atoms with Crippen LogP contribution in [0, 0.1) is 0 Å². The fraction of sp³-hybridized carbons (Fsp3) is 0.286. The zero-order valence-electron chi connectivity index (χ0n) is 14.8. The predicted molar refractivity (Wildman–Crippen MR) is 105 cm³/mol. The maximum atomic E-state index is 6.09. The third-order valence-electron chi connectivity index (χ3n) is 4.64. The molecule has 134 valence electrons. The topological polar surface area (TPSA) is 41.2 Å². The molecule has 1 fully saturated rings. The van der Waals surface area contributed by atoms with Gasteiger partial charge in [0.15, 0.2) is 0 Å². The standard InChI is InChI=1S/C21H22ClN3O/c1-15-13-25(8-9-26-15)14-16-4-2-6-18(10-16)21-23-12-20(24-21)17-5-3-7-19(22)11-17/h2-7,10-12,15H,8-9,13-14H2,1H3,(H,23,24). The molecule has 1 aliphatic heterocycles. The van der Waals surface area contributed by atoms with Crippen LogP contribution in [0.1, 0.15) is 12.5 Å². The van der Waals surface area contributed by atoms with Crippen molar-refractivity contribution in [1.29, 1.82) is 0 Å². The normalized spacial score (nSPS) is 18.2. The first kappa shape index (κ1) is 17.3. The van der Waals surface area contributed by atoms with Gasteiger partial charge in [0.05, 0.1) is 24.6 Å². The Morgan fingerprint density at radius 3 is 2.88 bits per heavy atom. The SMILES string of the molecule is CC1CN(Cc2cccc(-c3ncc(-c4cccc(Cl)c4)[nH]3)c2)CCO1. The van der Waals surface area contributed by atoms with Gasteiger partial charge in [-0.2, -0.15) is 0 Å². The summed E-state index contributed by atoms with van der Waals surface area (Å²) in [5.74, 6) is 0.872. The van der Waals surface area contributed by atoms with Crippen molar-refractivity contribution < 1.29 is 4.74 Å². The average molecular weight is 368 g/mol. The molecule has 4 nitrogen and oxygen atoms in total. The van der Waals surface area contributed by atoms with E-state index in [1.807, 2.05) is 30.5 Å². The van der Waals surface area contributed by atoms with E-state index in [-0.39, 0.29) is 0 Å². The molecule has 5 heteroatoms. The van der Waals surface area contributed by atoms with Gasteiger partial charge in [-0.05, 0) is 30.7 Å². The summed E-state index contributed by atoms with van der Waals surface area (Å²) in [6.45, 7) is 5.83. The highest BCUT2D eigenvalue weighted by Crippen LogP contribution is 2.25. The van der Waals surface area contributed by atoms with E-state index < -0.39 is 0 Å². The van der Waals surface area contributed by atoms with E-state index in [0.717, 1.165) is 53.9 Å². The fourth-order valence-electron chi connectivity index (χ4n) is 3.38. The summed E-state index contributed by atoms with van der Waals surface area (Å²) in [5.41, 5.74) is 4.39. The fourth-order valence-corrected chi connectivity index (χ4v) is 3.57. The highest BCUT2D eigenvalue weighted by molar-refractivity contribution is 6.30. The summed E-state index contributed by atoms with van der Waals surface area (Å²) in [6, 6.07) is 16.3. The van der Waals surface area contributed by atoms with E-state index in [0.29, 0.717) is 6.10 Å². The number of aromatic amines is 1. The van der Waals surface area contributed by atoms with Gasteiger partial charge in [0, 0.05) is 35.8 Å². The van der Waals surface area contributed by atoms with Gasteiger partial charge < -0.3 is 9.72 Å². The van der Waals surface area contributed by atoms with E-state index in [9.17, 15) is 0 Å². The molecule has 1 N–H and O–H groups in total. The van der Waals surface area contributed by atoms with E-state index >= 15 is 0 Å². The van der Waals surface area contributed by atoms with Crippen LogP contribution in [0.5, 0.6) is 0 Å². The van der Waals surface area contributed by atoms with E-state index in [1.165, 1.54) is 5.56 Å². The predicted octanol–water partition coefficient (Wildman–Crippen LogP) is 4.62. The van der Waals surface area contributed by atoms with Gasteiger partial charge in [0.1, 0.15) is 5.82 Å². The van der Waals surface area contributed by atoms with Crippen LogP contribution in [0.25, 0.3) is 22.6 Å². The summed E-state index contributed by atoms with van der Waals surface area (Å²) < 4.78 is 5.63. The molecular weight excluding hydrogens is 346 g/mol. The molecule has 2 heterocycles. The molecule has 2 aromatic carbocycles. The van der Waals surface area contributed by atoms with Crippen LogP contribution >= 0.6 is 11.6 Å². The maximum Gasteiger partial charge on any atom is 0.137 e. The van der Waals surface area contributed by atoms with Gasteiger partial charge in [-0.15, -0.1) is 0 Å². The van der Waals surface area contributed by atoms with Gasteiger partial charge in [-0.3, -0.25) is 4.90 Å². The Bertz CT molecular complexity index is 892. The molecule has 1 unspecified atom stereocenters. The molecule has 0 saturated carbocycles. The summed E-state index contributed by atoms with van der Waals surface area (Å²) in [4.78, 5) is 10.4. The van der Waals surface area contributed by atoms with E-state index in [4.69, 9.17) is 16.3 Å². The number of benzene rings is 2. The van der Waals surface area contributed by atoms with Crippen molar-refractivity contribution in [1.82, 2.24) is 14.9 Å². The van der Waals surface area contributed by atoms with Gasteiger partial charge >= 0.3 is 0 Å². The first-order valence-electron chi connectivity index (χ1n) is 8.91. The number of H-pyrrole nitrogens is 1. The van der Waals surface area contributed by atoms with Crippen molar-refractivity contribution in [2.45, 2.75) is 19.6 Å². The molecule has 26 heavy (non-hydrogen) atoms. The van der Waals surface area contributed by atoms with Crippen molar-refractivity contribution in [3.8, 4) is 22.6 Å². The zero-order valence-corrected chi connectivity index (χ0v) is 15.5. The Morgan fingerprint density at radius 1 is 1.19 bits per heavy atom. The van der Waals surface area contributed by atoms with Crippen molar-refractivity contribution in [2.24, 2.45) is 0 Å². The lowest BCUT2D eigenvalue weighted by Gasteiger charge is -2.31.